The van der Waals surface area contributed by atoms with Crippen molar-refractivity contribution in [2.45, 2.75) is 26.4 Å². The van der Waals surface area contributed by atoms with E-state index in [0.717, 1.165) is 10.9 Å². The normalized spacial score (nSPS) is 14.7. The number of nitro groups is 1. The molecule has 0 spiro atoms. The van der Waals surface area contributed by atoms with E-state index >= 15 is 0 Å². The lowest BCUT2D eigenvalue weighted by atomic mass is 10.1. The number of furan rings is 1. The average molecular weight is 475 g/mol. The molecule has 1 aliphatic heterocycles. The summed E-state index contributed by atoms with van der Waals surface area (Å²) in [5.74, 6) is 0.530. The number of pyridine rings is 1. The molecule has 1 aromatic carbocycles. The topological polar surface area (TPSA) is 111 Å². The van der Waals surface area contributed by atoms with Crippen molar-refractivity contribution in [1.82, 2.24) is 24.6 Å². The van der Waals surface area contributed by atoms with Gasteiger partial charge < -0.3 is 9.32 Å². The number of hydrogen-bond donors (Lipinski definition) is 0. The van der Waals surface area contributed by atoms with Crippen molar-refractivity contribution in [2.75, 3.05) is 26.2 Å². The van der Waals surface area contributed by atoms with Crippen LogP contribution in [0.25, 0.3) is 22.5 Å². The van der Waals surface area contributed by atoms with Gasteiger partial charge in [-0.15, -0.1) is 0 Å². The number of nitrogens with zero attached hydrogens (tertiary/aromatic N) is 6. The zero-order chi connectivity index (χ0) is 24.5. The fraction of sp³-hybridized carbons (Fsp3) is 0.320. The third kappa shape index (κ3) is 4.52. The predicted molar refractivity (Wildman–Crippen MR) is 130 cm³/mol. The van der Waals surface area contributed by atoms with Gasteiger partial charge in [-0.25, -0.2) is 9.67 Å². The predicted octanol–water partition coefficient (Wildman–Crippen LogP) is 4.14. The number of non-ortho nitro benzene ring substituents is 1. The van der Waals surface area contributed by atoms with Gasteiger partial charge >= 0.3 is 0 Å². The van der Waals surface area contributed by atoms with Crippen molar-refractivity contribution in [3.8, 4) is 11.5 Å². The Bertz CT molecular complexity index is 1370. The first-order chi connectivity index (χ1) is 16.9. The van der Waals surface area contributed by atoms with Crippen LogP contribution in [-0.4, -0.2) is 61.6 Å². The zero-order valence-electron chi connectivity index (χ0n) is 19.6. The lowest BCUT2D eigenvalue weighted by Gasteiger charge is -2.35. The van der Waals surface area contributed by atoms with Gasteiger partial charge in [0.25, 0.3) is 11.6 Å². The van der Waals surface area contributed by atoms with E-state index in [1.807, 2.05) is 35.6 Å². The average Bonchev–Trinajstić information content (AvgIpc) is 3.54. The number of rotatable bonds is 6. The van der Waals surface area contributed by atoms with Gasteiger partial charge in [0, 0.05) is 50.9 Å². The van der Waals surface area contributed by atoms with Crippen molar-refractivity contribution in [1.29, 1.82) is 0 Å². The van der Waals surface area contributed by atoms with Gasteiger partial charge in [-0.3, -0.25) is 19.8 Å². The molecule has 0 bridgehead atoms. The van der Waals surface area contributed by atoms with Gasteiger partial charge in [-0.05, 0) is 37.6 Å². The molecule has 0 unspecified atom stereocenters. The highest BCUT2D eigenvalue weighted by molar-refractivity contribution is 6.06. The maximum absolute atomic E-state index is 13.6. The Morgan fingerprint density at radius 2 is 1.94 bits per heavy atom. The first-order valence-corrected chi connectivity index (χ1v) is 11.6. The van der Waals surface area contributed by atoms with Gasteiger partial charge in [-0.1, -0.05) is 12.1 Å². The van der Waals surface area contributed by atoms with E-state index in [2.05, 4.69) is 10.00 Å². The highest BCUT2D eigenvalue weighted by atomic mass is 16.6. The van der Waals surface area contributed by atoms with Crippen LogP contribution in [0.2, 0.25) is 0 Å². The van der Waals surface area contributed by atoms with Crippen LogP contribution in [0.15, 0.2) is 59.3 Å². The third-order valence-electron chi connectivity index (χ3n) is 6.25. The van der Waals surface area contributed by atoms with Gasteiger partial charge in [0.05, 0.1) is 28.3 Å². The summed E-state index contributed by atoms with van der Waals surface area (Å²) in [5.41, 5.74) is 2.78. The van der Waals surface area contributed by atoms with Crippen LogP contribution in [0.4, 0.5) is 5.69 Å². The minimum absolute atomic E-state index is 0.0662. The molecule has 10 heteroatoms. The third-order valence-corrected chi connectivity index (χ3v) is 6.25. The Morgan fingerprint density at radius 3 is 2.63 bits per heavy atom. The van der Waals surface area contributed by atoms with Crippen LogP contribution >= 0.6 is 0 Å². The molecule has 4 aromatic rings. The number of carbonyl (C=O) groups is 1. The van der Waals surface area contributed by atoms with E-state index in [9.17, 15) is 14.9 Å². The van der Waals surface area contributed by atoms with E-state index in [1.165, 1.54) is 6.07 Å². The van der Waals surface area contributed by atoms with Crippen molar-refractivity contribution in [2.24, 2.45) is 0 Å². The fourth-order valence-corrected chi connectivity index (χ4v) is 4.43. The molecule has 5 rings (SSSR count). The highest BCUT2D eigenvalue weighted by Gasteiger charge is 2.26. The Balaban J connectivity index is 1.36. The smallest absolute Gasteiger partial charge is 0.269 e. The molecule has 1 saturated heterocycles. The molecule has 0 radical (unpaired) electrons. The number of piperazine rings is 1. The number of aromatic nitrogens is 3. The highest BCUT2D eigenvalue weighted by Crippen LogP contribution is 2.28. The van der Waals surface area contributed by atoms with Crippen LogP contribution in [0.3, 0.4) is 0 Å². The standard InChI is InChI=1S/C25H26N6O4/c1-17(2)30-24-21(15-26-30)20(14-22(27-24)23-7-4-12-35-23)25(32)29-10-8-28(9-11-29)16-18-5-3-6-19(13-18)31(33)34/h3-7,12-15,17H,8-11,16H2,1-2H3. The summed E-state index contributed by atoms with van der Waals surface area (Å²) in [6, 6.07) is 12.2. The minimum atomic E-state index is -0.381. The molecule has 1 amide bonds. The summed E-state index contributed by atoms with van der Waals surface area (Å²) in [6.45, 7) is 7.13. The van der Waals surface area contributed by atoms with E-state index in [4.69, 9.17) is 9.40 Å². The number of amides is 1. The number of hydrogen-bond acceptors (Lipinski definition) is 7. The Hall–Kier alpha value is -4.05. The van der Waals surface area contributed by atoms with Crippen molar-refractivity contribution >= 4 is 22.6 Å². The Kier molecular flexibility index (Phi) is 6.04. The van der Waals surface area contributed by atoms with Crippen LogP contribution in [0, 0.1) is 10.1 Å². The molecule has 0 saturated carbocycles. The van der Waals surface area contributed by atoms with Crippen LogP contribution in [-0.2, 0) is 6.54 Å². The molecular weight excluding hydrogens is 448 g/mol. The monoisotopic (exact) mass is 474 g/mol. The summed E-state index contributed by atoms with van der Waals surface area (Å²) in [5, 5.41) is 16.3. The van der Waals surface area contributed by atoms with E-state index in [1.54, 1.807) is 36.7 Å². The molecule has 1 fully saturated rings. The van der Waals surface area contributed by atoms with Crippen LogP contribution in [0.5, 0.6) is 0 Å². The SMILES string of the molecule is CC(C)n1ncc2c(C(=O)N3CCN(Cc4cccc([N+](=O)[O-])c4)CC3)cc(-c3ccco3)nc21. The van der Waals surface area contributed by atoms with Gasteiger partial charge in [0.2, 0.25) is 0 Å². The second kappa shape index (κ2) is 9.30. The Labute approximate surface area is 201 Å². The summed E-state index contributed by atoms with van der Waals surface area (Å²) in [6.07, 6.45) is 3.29. The van der Waals surface area contributed by atoms with E-state index in [-0.39, 0.29) is 22.6 Å². The molecular formula is C25H26N6O4. The lowest BCUT2D eigenvalue weighted by molar-refractivity contribution is -0.384. The van der Waals surface area contributed by atoms with Crippen molar-refractivity contribution in [3.63, 3.8) is 0 Å². The molecule has 0 atom stereocenters. The molecule has 180 valence electrons. The zero-order valence-corrected chi connectivity index (χ0v) is 19.6. The maximum atomic E-state index is 13.6. The number of fused-ring (bicyclic) bond motifs is 1. The van der Waals surface area contributed by atoms with Crippen molar-refractivity contribution < 1.29 is 14.1 Å². The van der Waals surface area contributed by atoms with E-state index < -0.39 is 0 Å². The van der Waals surface area contributed by atoms with E-state index in [0.29, 0.717) is 55.4 Å². The summed E-state index contributed by atoms with van der Waals surface area (Å²) in [7, 11) is 0. The molecule has 0 N–H and O–H groups in total. The van der Waals surface area contributed by atoms with Crippen LogP contribution < -0.4 is 0 Å². The first-order valence-electron chi connectivity index (χ1n) is 11.6. The molecule has 0 aliphatic carbocycles. The molecule has 3 aromatic heterocycles. The summed E-state index contributed by atoms with van der Waals surface area (Å²) < 4.78 is 7.37. The maximum Gasteiger partial charge on any atom is 0.269 e. The molecule has 1 aliphatic rings. The summed E-state index contributed by atoms with van der Waals surface area (Å²) >= 11 is 0. The number of nitro benzene ring substituents is 1. The molecule has 35 heavy (non-hydrogen) atoms. The van der Waals surface area contributed by atoms with Gasteiger partial charge in [-0.2, -0.15) is 5.10 Å². The van der Waals surface area contributed by atoms with Crippen LogP contribution in [0.1, 0.15) is 35.8 Å². The second-order valence-corrected chi connectivity index (χ2v) is 8.95. The number of benzene rings is 1. The largest absolute Gasteiger partial charge is 0.463 e. The minimum Gasteiger partial charge on any atom is -0.463 e. The quantitative estimate of drug-likeness (QED) is 0.305. The lowest BCUT2D eigenvalue weighted by Crippen LogP contribution is -2.48. The summed E-state index contributed by atoms with van der Waals surface area (Å²) in [4.78, 5) is 33.1. The second-order valence-electron chi connectivity index (χ2n) is 8.95. The Morgan fingerprint density at radius 1 is 1.14 bits per heavy atom. The van der Waals surface area contributed by atoms with Crippen molar-refractivity contribution in [3.05, 3.63) is 76.2 Å². The molecule has 4 heterocycles. The molecule has 10 nitrogen and oxygen atoms in total. The fourth-order valence-electron chi connectivity index (χ4n) is 4.43. The number of carbonyl (C=O) groups excluding carboxylic acids is 1. The van der Waals surface area contributed by atoms with Gasteiger partial charge in [0.1, 0.15) is 5.69 Å². The first kappa shape index (κ1) is 22.7. The van der Waals surface area contributed by atoms with Gasteiger partial charge in [0.15, 0.2) is 11.4 Å².